The van der Waals surface area contributed by atoms with Gasteiger partial charge in [-0.15, -0.1) is 0 Å². The van der Waals surface area contributed by atoms with Gasteiger partial charge in [0.05, 0.1) is 5.52 Å². The number of allylic oxidation sites excluding steroid dienone is 1. The Hall–Kier alpha value is -5.41. The minimum atomic E-state index is -0.422. The van der Waals surface area contributed by atoms with Gasteiger partial charge < -0.3 is 16.0 Å². The van der Waals surface area contributed by atoms with Crippen molar-refractivity contribution in [3.8, 4) is 22.3 Å². The number of aromatic nitrogens is 3. The highest BCUT2D eigenvalue weighted by Crippen LogP contribution is 2.36. The van der Waals surface area contributed by atoms with Crippen molar-refractivity contribution in [2.45, 2.75) is 6.92 Å². The first-order valence-electron chi connectivity index (χ1n) is 12.9. The summed E-state index contributed by atoms with van der Waals surface area (Å²) in [5.41, 5.74) is 5.26. The van der Waals surface area contributed by atoms with Crippen LogP contribution in [-0.2, 0) is 4.79 Å². The van der Waals surface area contributed by atoms with Gasteiger partial charge in [0, 0.05) is 57.8 Å². The maximum Gasteiger partial charge on any atom is 0.256 e. The number of anilines is 2. The molecule has 0 bridgehead atoms. The number of rotatable bonds is 7. The molecule has 5 rings (SSSR count). The maximum atomic E-state index is 13.0. The van der Waals surface area contributed by atoms with Gasteiger partial charge in [0.25, 0.3) is 11.8 Å². The van der Waals surface area contributed by atoms with E-state index in [2.05, 4.69) is 30.9 Å². The number of nitrogens with one attached hydrogen (secondary N) is 3. The molecule has 10 heteroatoms. The molecule has 0 aliphatic rings. The molecule has 0 saturated heterocycles. The van der Waals surface area contributed by atoms with Crippen molar-refractivity contribution in [3.63, 3.8) is 0 Å². The van der Waals surface area contributed by atoms with Crippen LogP contribution in [0, 0.1) is 0 Å². The Bertz CT molecular complexity index is 1870. The third-order valence-electron chi connectivity index (χ3n) is 6.40. The van der Waals surface area contributed by atoms with Crippen molar-refractivity contribution in [1.82, 2.24) is 20.3 Å². The summed E-state index contributed by atoms with van der Waals surface area (Å²) in [6.07, 6.45) is 7.79. The maximum absolute atomic E-state index is 13.0. The normalized spacial score (nSPS) is 10.9. The number of fused-ring (bicyclic) bond motifs is 1. The summed E-state index contributed by atoms with van der Waals surface area (Å²) in [5.74, 6) is -0.689. The summed E-state index contributed by atoms with van der Waals surface area (Å²) >= 11 is 6.72. The molecule has 0 unspecified atom stereocenters. The van der Waals surface area contributed by atoms with Crippen molar-refractivity contribution in [3.05, 3.63) is 114 Å². The number of carbonyl (C=O) groups excluding carboxylic acids is 3. The number of nitrogens with zero attached hydrogens (tertiary/aromatic N) is 3. The summed E-state index contributed by atoms with van der Waals surface area (Å²) in [5, 5.41) is 9.27. The minimum Gasteiger partial charge on any atom is -0.355 e. The first-order valence-corrected chi connectivity index (χ1v) is 13.3. The monoisotopic (exact) mass is 576 g/mol. The van der Waals surface area contributed by atoms with Crippen LogP contribution >= 0.6 is 11.6 Å². The van der Waals surface area contributed by atoms with Crippen LogP contribution in [0.2, 0.25) is 5.02 Å². The van der Waals surface area contributed by atoms with Crippen LogP contribution in [0.25, 0.3) is 33.2 Å². The molecule has 0 atom stereocenters. The molecule has 0 aliphatic carbocycles. The van der Waals surface area contributed by atoms with Crippen LogP contribution in [0.4, 0.5) is 11.5 Å². The van der Waals surface area contributed by atoms with Gasteiger partial charge in [0.2, 0.25) is 5.91 Å². The van der Waals surface area contributed by atoms with E-state index in [1.165, 1.54) is 31.7 Å². The zero-order valence-corrected chi connectivity index (χ0v) is 23.4. The molecular formula is C32H25ClN6O3. The number of halogens is 1. The standard InChI is InChI=1S/C32H25ClN6O3/c1-3-5-29(40)38-24-7-4-6-19(13-24)26-14-22(12-23-17-35-18-37-30(23)26)25-9-8-20(15-27(25)33)32(42)39-28-16-21(10-11-36-28)31(41)34-2/h3-18H,1-2H3,(H,34,41)(H,38,40)(H,36,39,42)/b5-3+. The highest BCUT2D eigenvalue weighted by Gasteiger charge is 2.15. The molecule has 0 aliphatic heterocycles. The molecule has 0 fully saturated rings. The Morgan fingerprint density at radius 1 is 0.833 bits per heavy atom. The minimum absolute atomic E-state index is 0.221. The number of carbonyl (C=O) groups is 3. The lowest BCUT2D eigenvalue weighted by molar-refractivity contribution is -0.111. The molecule has 42 heavy (non-hydrogen) atoms. The zero-order valence-electron chi connectivity index (χ0n) is 22.7. The number of pyridine rings is 1. The van der Waals surface area contributed by atoms with Crippen LogP contribution in [0.3, 0.4) is 0 Å². The predicted octanol–water partition coefficient (Wildman–Crippen LogP) is 6.14. The Kier molecular flexibility index (Phi) is 8.31. The van der Waals surface area contributed by atoms with E-state index < -0.39 is 5.91 Å². The largest absolute Gasteiger partial charge is 0.355 e. The fourth-order valence-electron chi connectivity index (χ4n) is 4.44. The lowest BCUT2D eigenvalue weighted by atomic mass is 9.95. The third-order valence-corrected chi connectivity index (χ3v) is 6.71. The van der Waals surface area contributed by atoms with Crippen molar-refractivity contribution >= 4 is 51.7 Å². The Balaban J connectivity index is 1.48. The van der Waals surface area contributed by atoms with Crippen molar-refractivity contribution in [2.75, 3.05) is 17.7 Å². The van der Waals surface area contributed by atoms with Gasteiger partial charge in [0.15, 0.2) is 0 Å². The predicted molar refractivity (Wildman–Crippen MR) is 164 cm³/mol. The highest BCUT2D eigenvalue weighted by molar-refractivity contribution is 6.34. The van der Waals surface area contributed by atoms with Gasteiger partial charge in [-0.3, -0.25) is 14.4 Å². The van der Waals surface area contributed by atoms with Crippen LogP contribution < -0.4 is 16.0 Å². The Morgan fingerprint density at radius 3 is 2.45 bits per heavy atom. The second-order valence-corrected chi connectivity index (χ2v) is 9.62. The van der Waals surface area contributed by atoms with Gasteiger partial charge in [-0.25, -0.2) is 15.0 Å². The lowest BCUT2D eigenvalue weighted by Crippen LogP contribution is -2.19. The second kappa shape index (κ2) is 12.4. The third kappa shape index (κ3) is 6.16. The van der Waals surface area contributed by atoms with Crippen LogP contribution in [0.15, 0.2) is 97.6 Å². The number of hydrogen-bond acceptors (Lipinski definition) is 6. The Labute approximate surface area is 246 Å². The quantitative estimate of drug-likeness (QED) is 0.200. The zero-order chi connectivity index (χ0) is 29.6. The lowest BCUT2D eigenvalue weighted by Gasteiger charge is -2.13. The molecule has 2 aromatic heterocycles. The highest BCUT2D eigenvalue weighted by atomic mass is 35.5. The first-order chi connectivity index (χ1) is 20.4. The molecule has 9 nitrogen and oxygen atoms in total. The van der Waals surface area contributed by atoms with Gasteiger partial charge in [-0.05, 0) is 72.7 Å². The Morgan fingerprint density at radius 2 is 1.67 bits per heavy atom. The first kappa shape index (κ1) is 28.1. The molecule has 2 heterocycles. The van der Waals surface area contributed by atoms with E-state index in [0.717, 1.165) is 27.6 Å². The molecule has 0 radical (unpaired) electrons. The van der Waals surface area contributed by atoms with E-state index in [1.54, 1.807) is 43.5 Å². The van der Waals surface area contributed by atoms with E-state index in [-0.39, 0.29) is 17.6 Å². The van der Waals surface area contributed by atoms with Crippen LogP contribution in [0.1, 0.15) is 27.6 Å². The number of amides is 3. The smallest absolute Gasteiger partial charge is 0.256 e. The summed E-state index contributed by atoms with van der Waals surface area (Å²) in [6.45, 7) is 1.78. The van der Waals surface area contributed by atoms with E-state index in [0.29, 0.717) is 27.4 Å². The van der Waals surface area contributed by atoms with Crippen molar-refractivity contribution < 1.29 is 14.4 Å². The SMILES string of the molecule is C/C=C/C(=O)Nc1cccc(-c2cc(-c3ccc(C(=O)Nc4cc(C(=O)NC)ccn4)cc3Cl)cc3cncnc23)c1. The van der Waals surface area contributed by atoms with Gasteiger partial charge in [-0.2, -0.15) is 0 Å². The van der Waals surface area contributed by atoms with Crippen molar-refractivity contribution in [1.29, 1.82) is 0 Å². The van der Waals surface area contributed by atoms with E-state index in [9.17, 15) is 14.4 Å². The van der Waals surface area contributed by atoms with E-state index >= 15 is 0 Å². The fraction of sp³-hybridized carbons (Fsp3) is 0.0625. The molecule has 0 saturated carbocycles. The van der Waals surface area contributed by atoms with Crippen molar-refractivity contribution in [2.24, 2.45) is 0 Å². The molecule has 0 spiro atoms. The molecule has 3 amide bonds. The number of benzene rings is 3. The van der Waals surface area contributed by atoms with Crippen LogP contribution in [0.5, 0.6) is 0 Å². The molecule has 208 valence electrons. The summed E-state index contributed by atoms with van der Waals surface area (Å²) < 4.78 is 0. The average molecular weight is 577 g/mol. The molecule has 3 aromatic carbocycles. The van der Waals surface area contributed by atoms with Crippen LogP contribution in [-0.4, -0.2) is 39.7 Å². The fourth-order valence-corrected chi connectivity index (χ4v) is 4.73. The van der Waals surface area contributed by atoms with Gasteiger partial charge in [0.1, 0.15) is 12.1 Å². The van der Waals surface area contributed by atoms with E-state index in [4.69, 9.17) is 11.6 Å². The second-order valence-electron chi connectivity index (χ2n) is 9.21. The van der Waals surface area contributed by atoms with Gasteiger partial charge in [-0.1, -0.05) is 35.9 Å². The average Bonchev–Trinajstić information content (AvgIpc) is 3.00. The summed E-state index contributed by atoms with van der Waals surface area (Å²) in [7, 11) is 1.53. The topological polar surface area (TPSA) is 126 Å². The summed E-state index contributed by atoms with van der Waals surface area (Å²) in [4.78, 5) is 49.8. The summed E-state index contributed by atoms with van der Waals surface area (Å²) in [6, 6.07) is 19.5. The number of hydrogen-bond donors (Lipinski definition) is 3. The molecule has 3 N–H and O–H groups in total. The molecular weight excluding hydrogens is 552 g/mol. The van der Waals surface area contributed by atoms with Gasteiger partial charge >= 0.3 is 0 Å². The van der Waals surface area contributed by atoms with E-state index in [1.807, 2.05) is 36.4 Å². The molecule has 5 aromatic rings.